The second-order valence-electron chi connectivity index (χ2n) is 8.30. The summed E-state index contributed by atoms with van der Waals surface area (Å²) in [5, 5.41) is 3.26. The molecular formula is C24H30FN2O2+. The number of rotatable bonds is 6. The Balaban J connectivity index is 1.37. The van der Waals surface area contributed by atoms with Gasteiger partial charge in [0.05, 0.1) is 18.7 Å². The highest BCUT2D eigenvalue weighted by Gasteiger charge is 2.42. The SMILES string of the molecule is CCOc1ccc(C(=O)NC2C[C@H]3CCC[C@@H](C2)[NH+]3Cc2ccc(F)cc2)cc1. The van der Waals surface area contributed by atoms with Crippen LogP contribution in [0.3, 0.4) is 0 Å². The molecule has 1 amide bonds. The van der Waals surface area contributed by atoms with Crippen LogP contribution in [0.2, 0.25) is 0 Å². The lowest BCUT2D eigenvalue weighted by Gasteiger charge is -2.46. The molecule has 4 atom stereocenters. The Kier molecular flexibility index (Phi) is 6.14. The molecule has 5 heteroatoms. The molecule has 2 aliphatic rings. The Bertz CT molecular complexity index is 808. The van der Waals surface area contributed by atoms with Crippen LogP contribution >= 0.6 is 0 Å². The van der Waals surface area contributed by atoms with E-state index in [1.165, 1.54) is 24.8 Å². The number of quaternary nitrogens is 1. The van der Waals surface area contributed by atoms with Gasteiger partial charge >= 0.3 is 0 Å². The first-order valence-corrected chi connectivity index (χ1v) is 10.8. The monoisotopic (exact) mass is 397 g/mol. The van der Waals surface area contributed by atoms with E-state index in [-0.39, 0.29) is 17.8 Å². The highest BCUT2D eigenvalue weighted by molar-refractivity contribution is 5.94. The molecular weight excluding hydrogens is 367 g/mol. The average Bonchev–Trinajstić information content (AvgIpc) is 2.71. The van der Waals surface area contributed by atoms with E-state index >= 15 is 0 Å². The molecule has 2 aromatic carbocycles. The molecule has 2 unspecified atom stereocenters. The van der Waals surface area contributed by atoms with Crippen LogP contribution in [-0.2, 0) is 6.54 Å². The summed E-state index contributed by atoms with van der Waals surface area (Å²) in [6, 6.07) is 15.6. The van der Waals surface area contributed by atoms with Crippen LogP contribution in [0.4, 0.5) is 4.39 Å². The molecule has 2 fully saturated rings. The van der Waals surface area contributed by atoms with Crippen LogP contribution in [0.25, 0.3) is 0 Å². The average molecular weight is 398 g/mol. The molecule has 2 saturated heterocycles. The third kappa shape index (κ3) is 4.78. The van der Waals surface area contributed by atoms with E-state index < -0.39 is 0 Å². The number of ether oxygens (including phenoxy) is 1. The molecule has 2 heterocycles. The second kappa shape index (κ2) is 8.95. The Morgan fingerprint density at radius 3 is 2.34 bits per heavy atom. The maximum atomic E-state index is 13.2. The van der Waals surface area contributed by atoms with Crippen molar-refractivity contribution in [3.8, 4) is 5.75 Å². The number of benzene rings is 2. The summed E-state index contributed by atoms with van der Waals surface area (Å²) in [5.74, 6) is 0.606. The summed E-state index contributed by atoms with van der Waals surface area (Å²) in [7, 11) is 0. The van der Waals surface area contributed by atoms with Gasteiger partial charge < -0.3 is 15.0 Å². The first-order chi connectivity index (χ1) is 14.1. The van der Waals surface area contributed by atoms with Gasteiger partial charge in [0.25, 0.3) is 5.91 Å². The van der Waals surface area contributed by atoms with Crippen molar-refractivity contribution in [3.63, 3.8) is 0 Å². The van der Waals surface area contributed by atoms with Crippen LogP contribution in [0, 0.1) is 5.82 Å². The fraction of sp³-hybridized carbons (Fsp3) is 0.458. The normalized spacial score (nSPS) is 26.0. The van der Waals surface area contributed by atoms with Crippen molar-refractivity contribution in [2.24, 2.45) is 0 Å². The molecule has 154 valence electrons. The number of piperidine rings is 2. The number of nitrogens with one attached hydrogen (secondary N) is 2. The molecule has 4 nitrogen and oxygen atoms in total. The maximum absolute atomic E-state index is 13.2. The van der Waals surface area contributed by atoms with Crippen molar-refractivity contribution in [1.29, 1.82) is 0 Å². The molecule has 2 aromatic rings. The molecule has 0 aliphatic carbocycles. The van der Waals surface area contributed by atoms with Crippen LogP contribution in [0.15, 0.2) is 48.5 Å². The zero-order valence-corrected chi connectivity index (χ0v) is 17.0. The minimum atomic E-state index is -0.181. The van der Waals surface area contributed by atoms with Crippen LogP contribution in [-0.4, -0.2) is 30.6 Å². The summed E-state index contributed by atoms with van der Waals surface area (Å²) in [5.41, 5.74) is 1.87. The van der Waals surface area contributed by atoms with Gasteiger partial charge in [-0.15, -0.1) is 0 Å². The summed E-state index contributed by atoms with van der Waals surface area (Å²) >= 11 is 0. The first-order valence-electron chi connectivity index (χ1n) is 10.8. The third-order valence-corrected chi connectivity index (χ3v) is 6.38. The second-order valence-corrected chi connectivity index (χ2v) is 8.30. The summed E-state index contributed by atoms with van der Waals surface area (Å²) < 4.78 is 18.7. The van der Waals surface area contributed by atoms with Gasteiger partial charge in [0.2, 0.25) is 0 Å². The van der Waals surface area contributed by atoms with E-state index in [1.807, 2.05) is 43.3 Å². The van der Waals surface area contributed by atoms with E-state index in [1.54, 1.807) is 17.0 Å². The predicted octanol–water partition coefficient (Wildman–Crippen LogP) is 3.12. The van der Waals surface area contributed by atoms with E-state index in [0.717, 1.165) is 25.1 Å². The lowest BCUT2D eigenvalue weighted by atomic mass is 9.81. The lowest BCUT2D eigenvalue weighted by molar-refractivity contribution is -0.973. The van der Waals surface area contributed by atoms with Gasteiger partial charge in [-0.2, -0.15) is 0 Å². The van der Waals surface area contributed by atoms with Crippen molar-refractivity contribution >= 4 is 5.91 Å². The predicted molar refractivity (Wildman–Crippen MR) is 111 cm³/mol. The third-order valence-electron chi connectivity index (χ3n) is 6.38. The van der Waals surface area contributed by atoms with Gasteiger partial charge in [-0.05, 0) is 62.6 Å². The van der Waals surface area contributed by atoms with Crippen LogP contribution < -0.4 is 15.0 Å². The lowest BCUT2D eigenvalue weighted by Crippen LogP contribution is -3.20. The minimum absolute atomic E-state index is 0.00175. The molecule has 2 bridgehead atoms. The molecule has 0 aromatic heterocycles. The number of carbonyl (C=O) groups is 1. The molecule has 2 aliphatic heterocycles. The fourth-order valence-electron chi connectivity index (χ4n) is 5.02. The zero-order chi connectivity index (χ0) is 20.2. The van der Waals surface area contributed by atoms with E-state index in [2.05, 4.69) is 5.32 Å². The number of halogens is 1. The van der Waals surface area contributed by atoms with E-state index in [0.29, 0.717) is 24.3 Å². The Labute approximate surface area is 172 Å². The van der Waals surface area contributed by atoms with Crippen molar-refractivity contribution in [1.82, 2.24) is 5.32 Å². The van der Waals surface area contributed by atoms with Gasteiger partial charge in [0.15, 0.2) is 0 Å². The standard InChI is InChI=1S/C24H29FN2O2/c1-2-29-23-12-8-18(9-13-23)24(28)26-20-14-21-4-3-5-22(15-20)27(21)16-17-6-10-19(25)11-7-17/h6-13,20-22H,2-5,14-16H2,1H3,(H,26,28)/p+1/t20?,21-,22+. The van der Waals surface area contributed by atoms with Crippen LogP contribution in [0.5, 0.6) is 5.75 Å². The molecule has 29 heavy (non-hydrogen) atoms. The Morgan fingerprint density at radius 1 is 1.07 bits per heavy atom. The van der Waals surface area contributed by atoms with Crippen molar-refractivity contribution in [3.05, 3.63) is 65.5 Å². The summed E-state index contributed by atoms with van der Waals surface area (Å²) in [6.45, 7) is 3.50. The van der Waals surface area contributed by atoms with E-state index in [4.69, 9.17) is 4.74 Å². The van der Waals surface area contributed by atoms with Gasteiger partial charge in [-0.25, -0.2) is 4.39 Å². The zero-order valence-electron chi connectivity index (χ0n) is 17.0. The van der Waals surface area contributed by atoms with Crippen LogP contribution in [0.1, 0.15) is 54.9 Å². The quantitative estimate of drug-likeness (QED) is 0.787. The number of amides is 1. The maximum Gasteiger partial charge on any atom is 0.251 e. The highest BCUT2D eigenvalue weighted by Crippen LogP contribution is 2.23. The number of hydrogen-bond donors (Lipinski definition) is 2. The topological polar surface area (TPSA) is 42.8 Å². The highest BCUT2D eigenvalue weighted by atomic mass is 19.1. The number of hydrogen-bond acceptors (Lipinski definition) is 2. The number of carbonyl (C=O) groups excluding carboxylic acids is 1. The van der Waals surface area contributed by atoms with Gasteiger partial charge in [-0.1, -0.05) is 12.1 Å². The molecule has 2 N–H and O–H groups in total. The fourth-order valence-corrected chi connectivity index (χ4v) is 5.02. The van der Waals surface area contributed by atoms with Gasteiger partial charge in [0.1, 0.15) is 18.1 Å². The first kappa shape index (κ1) is 19.9. The van der Waals surface area contributed by atoms with Gasteiger partial charge in [-0.3, -0.25) is 4.79 Å². The Hall–Kier alpha value is -2.40. The summed E-state index contributed by atoms with van der Waals surface area (Å²) in [4.78, 5) is 14.3. The molecule has 0 spiro atoms. The molecule has 0 saturated carbocycles. The van der Waals surface area contributed by atoms with Crippen molar-refractivity contribution in [2.45, 2.75) is 63.7 Å². The molecule has 0 radical (unpaired) electrons. The Morgan fingerprint density at radius 2 is 1.72 bits per heavy atom. The minimum Gasteiger partial charge on any atom is -0.494 e. The largest absolute Gasteiger partial charge is 0.494 e. The van der Waals surface area contributed by atoms with E-state index in [9.17, 15) is 9.18 Å². The summed E-state index contributed by atoms with van der Waals surface area (Å²) in [6.07, 6.45) is 5.68. The smallest absolute Gasteiger partial charge is 0.251 e. The number of fused-ring (bicyclic) bond motifs is 2. The van der Waals surface area contributed by atoms with Gasteiger partial charge in [0, 0.05) is 30.0 Å². The van der Waals surface area contributed by atoms with Crippen molar-refractivity contribution in [2.75, 3.05) is 6.61 Å². The van der Waals surface area contributed by atoms with Crippen molar-refractivity contribution < 1.29 is 18.8 Å². The molecule has 4 rings (SSSR count).